The number of hydrogen-bond acceptors (Lipinski definition) is 1. The van der Waals surface area contributed by atoms with Crippen LogP contribution in [-0.4, -0.2) is 5.91 Å². The highest BCUT2D eigenvalue weighted by atomic mass is 79.9. The van der Waals surface area contributed by atoms with Crippen LogP contribution in [0.5, 0.6) is 0 Å². The monoisotopic (exact) mass is 331 g/mol. The van der Waals surface area contributed by atoms with Gasteiger partial charge in [0.25, 0.3) is 0 Å². The van der Waals surface area contributed by atoms with Crippen molar-refractivity contribution in [1.29, 1.82) is 0 Å². The molecule has 1 N–H and O–H groups in total. The lowest BCUT2D eigenvalue weighted by Gasteiger charge is -2.06. The maximum atomic E-state index is 11.8. The van der Waals surface area contributed by atoms with Crippen LogP contribution < -0.4 is 5.32 Å². The molecule has 20 heavy (non-hydrogen) atoms. The highest BCUT2D eigenvalue weighted by molar-refractivity contribution is 9.10. The SMILES string of the molecule is Cc1cccc(CCC(=O)NCc2ccc(Br)cc2)c1. The fraction of sp³-hybridized carbons (Fsp3) is 0.235. The van der Waals surface area contributed by atoms with Gasteiger partial charge in [0.1, 0.15) is 0 Å². The molecule has 0 saturated carbocycles. The van der Waals surface area contributed by atoms with Gasteiger partial charge in [0.15, 0.2) is 0 Å². The van der Waals surface area contributed by atoms with E-state index in [-0.39, 0.29) is 5.91 Å². The molecule has 0 fully saturated rings. The number of amides is 1. The Bertz CT molecular complexity index is 578. The molecule has 0 radical (unpaired) electrons. The van der Waals surface area contributed by atoms with E-state index in [9.17, 15) is 4.79 Å². The van der Waals surface area contributed by atoms with Crippen LogP contribution in [0.4, 0.5) is 0 Å². The average molecular weight is 332 g/mol. The van der Waals surface area contributed by atoms with E-state index in [1.54, 1.807) is 0 Å². The Balaban J connectivity index is 1.77. The quantitative estimate of drug-likeness (QED) is 0.881. The van der Waals surface area contributed by atoms with Crippen LogP contribution in [0.25, 0.3) is 0 Å². The molecule has 2 aromatic carbocycles. The zero-order valence-electron chi connectivity index (χ0n) is 11.5. The molecule has 0 bridgehead atoms. The van der Waals surface area contributed by atoms with Gasteiger partial charge in [-0.3, -0.25) is 4.79 Å². The molecule has 104 valence electrons. The Kier molecular flexibility index (Phi) is 5.36. The summed E-state index contributed by atoms with van der Waals surface area (Å²) in [5.74, 6) is 0.0921. The summed E-state index contributed by atoms with van der Waals surface area (Å²) in [7, 11) is 0. The maximum Gasteiger partial charge on any atom is 0.220 e. The summed E-state index contributed by atoms with van der Waals surface area (Å²) in [6.45, 7) is 2.65. The first-order valence-corrected chi connectivity index (χ1v) is 7.49. The van der Waals surface area contributed by atoms with Gasteiger partial charge in [-0.25, -0.2) is 0 Å². The van der Waals surface area contributed by atoms with Crippen LogP contribution in [0.3, 0.4) is 0 Å². The molecule has 0 aliphatic heterocycles. The van der Waals surface area contributed by atoms with Gasteiger partial charge in [-0.05, 0) is 36.6 Å². The van der Waals surface area contributed by atoms with Crippen LogP contribution in [0.15, 0.2) is 53.0 Å². The summed E-state index contributed by atoms with van der Waals surface area (Å²) in [5, 5.41) is 2.95. The van der Waals surface area contributed by atoms with Gasteiger partial charge in [0.2, 0.25) is 5.91 Å². The first kappa shape index (κ1) is 14.8. The first-order chi connectivity index (χ1) is 9.63. The first-order valence-electron chi connectivity index (χ1n) is 6.70. The van der Waals surface area contributed by atoms with Crippen molar-refractivity contribution in [2.75, 3.05) is 0 Å². The number of aryl methyl sites for hydroxylation is 2. The van der Waals surface area contributed by atoms with Gasteiger partial charge in [0, 0.05) is 17.4 Å². The van der Waals surface area contributed by atoms with Crippen LogP contribution >= 0.6 is 15.9 Å². The van der Waals surface area contributed by atoms with Crippen molar-refractivity contribution in [2.45, 2.75) is 26.3 Å². The van der Waals surface area contributed by atoms with Gasteiger partial charge in [0.05, 0.1) is 0 Å². The van der Waals surface area contributed by atoms with Crippen LogP contribution in [0.2, 0.25) is 0 Å². The highest BCUT2D eigenvalue weighted by Crippen LogP contribution is 2.10. The standard InChI is InChI=1S/C17H18BrNO/c1-13-3-2-4-14(11-13)7-10-17(20)19-12-15-5-8-16(18)9-6-15/h2-6,8-9,11H,7,10,12H2,1H3,(H,19,20). The Hall–Kier alpha value is -1.61. The second-order valence-corrected chi connectivity index (χ2v) is 5.81. The van der Waals surface area contributed by atoms with Crippen LogP contribution in [0.1, 0.15) is 23.1 Å². The van der Waals surface area contributed by atoms with E-state index in [1.165, 1.54) is 11.1 Å². The van der Waals surface area contributed by atoms with Crippen molar-refractivity contribution >= 4 is 21.8 Å². The minimum absolute atomic E-state index is 0.0921. The predicted molar refractivity (Wildman–Crippen MR) is 85.5 cm³/mol. The van der Waals surface area contributed by atoms with E-state index < -0.39 is 0 Å². The Morgan fingerprint density at radius 3 is 2.55 bits per heavy atom. The molecule has 0 spiro atoms. The molecule has 0 unspecified atom stereocenters. The summed E-state index contributed by atoms with van der Waals surface area (Å²) in [6.07, 6.45) is 1.31. The molecule has 0 saturated heterocycles. The molecule has 0 heterocycles. The lowest BCUT2D eigenvalue weighted by atomic mass is 10.1. The molecule has 0 aliphatic carbocycles. The summed E-state index contributed by atoms with van der Waals surface area (Å²) < 4.78 is 1.05. The molecule has 3 heteroatoms. The topological polar surface area (TPSA) is 29.1 Å². The minimum atomic E-state index is 0.0921. The largest absolute Gasteiger partial charge is 0.352 e. The van der Waals surface area contributed by atoms with Crippen molar-refractivity contribution in [3.05, 3.63) is 69.7 Å². The number of halogens is 1. The number of rotatable bonds is 5. The Morgan fingerprint density at radius 2 is 1.85 bits per heavy atom. The molecule has 0 aromatic heterocycles. The molecule has 0 atom stereocenters. The van der Waals surface area contributed by atoms with Crippen molar-refractivity contribution in [3.63, 3.8) is 0 Å². The smallest absolute Gasteiger partial charge is 0.220 e. The fourth-order valence-electron chi connectivity index (χ4n) is 2.02. The number of hydrogen-bond donors (Lipinski definition) is 1. The van der Waals surface area contributed by atoms with Gasteiger partial charge < -0.3 is 5.32 Å². The van der Waals surface area contributed by atoms with Crippen LogP contribution in [-0.2, 0) is 17.8 Å². The molecular formula is C17H18BrNO. The van der Waals surface area contributed by atoms with Crippen molar-refractivity contribution in [2.24, 2.45) is 0 Å². The van der Waals surface area contributed by atoms with Gasteiger partial charge >= 0.3 is 0 Å². The zero-order valence-corrected chi connectivity index (χ0v) is 13.1. The third kappa shape index (κ3) is 4.82. The van der Waals surface area contributed by atoms with Crippen LogP contribution in [0, 0.1) is 6.92 Å². The Morgan fingerprint density at radius 1 is 1.10 bits per heavy atom. The highest BCUT2D eigenvalue weighted by Gasteiger charge is 2.02. The molecule has 2 rings (SSSR count). The average Bonchev–Trinajstić information content (AvgIpc) is 2.45. The van der Waals surface area contributed by atoms with E-state index in [2.05, 4.69) is 46.4 Å². The predicted octanol–water partition coefficient (Wildman–Crippen LogP) is 4.01. The van der Waals surface area contributed by atoms with Gasteiger partial charge in [-0.15, -0.1) is 0 Å². The van der Waals surface area contributed by atoms with Crippen molar-refractivity contribution in [3.8, 4) is 0 Å². The summed E-state index contributed by atoms with van der Waals surface area (Å²) in [4.78, 5) is 11.8. The lowest BCUT2D eigenvalue weighted by molar-refractivity contribution is -0.121. The third-order valence-electron chi connectivity index (χ3n) is 3.13. The van der Waals surface area contributed by atoms with Gasteiger partial charge in [-0.2, -0.15) is 0 Å². The number of benzene rings is 2. The van der Waals surface area contributed by atoms with E-state index in [0.29, 0.717) is 13.0 Å². The summed E-state index contributed by atoms with van der Waals surface area (Å²) in [5.41, 5.74) is 3.55. The second kappa shape index (κ2) is 7.25. The molecule has 2 aromatic rings. The van der Waals surface area contributed by atoms with E-state index >= 15 is 0 Å². The normalized spacial score (nSPS) is 10.3. The molecular weight excluding hydrogens is 314 g/mol. The fourth-order valence-corrected chi connectivity index (χ4v) is 2.28. The van der Waals surface area contributed by atoms with Crippen molar-refractivity contribution < 1.29 is 4.79 Å². The van der Waals surface area contributed by atoms with Crippen molar-refractivity contribution in [1.82, 2.24) is 5.32 Å². The minimum Gasteiger partial charge on any atom is -0.352 e. The molecule has 2 nitrogen and oxygen atoms in total. The van der Waals surface area contributed by atoms with E-state index in [1.807, 2.05) is 30.3 Å². The maximum absolute atomic E-state index is 11.8. The Labute approximate surface area is 128 Å². The van der Waals surface area contributed by atoms with E-state index in [0.717, 1.165) is 16.5 Å². The number of carbonyl (C=O) groups is 1. The lowest BCUT2D eigenvalue weighted by Crippen LogP contribution is -2.22. The number of carbonyl (C=O) groups excluding carboxylic acids is 1. The molecule has 1 amide bonds. The van der Waals surface area contributed by atoms with E-state index in [4.69, 9.17) is 0 Å². The number of nitrogens with one attached hydrogen (secondary N) is 1. The summed E-state index contributed by atoms with van der Waals surface area (Å²) in [6, 6.07) is 16.3. The summed E-state index contributed by atoms with van der Waals surface area (Å²) >= 11 is 3.39. The van der Waals surface area contributed by atoms with Gasteiger partial charge in [-0.1, -0.05) is 57.9 Å². The third-order valence-corrected chi connectivity index (χ3v) is 3.65. The zero-order chi connectivity index (χ0) is 14.4. The second-order valence-electron chi connectivity index (χ2n) is 4.89. The molecule has 0 aliphatic rings.